The largest absolute Gasteiger partial charge is 0.476 e. The normalized spacial score (nSPS) is 21.3. The molecular weight excluding hydrogens is 312 g/mol. The third-order valence-corrected chi connectivity index (χ3v) is 6.22. The first-order valence-electron chi connectivity index (χ1n) is 8.10. The second-order valence-corrected chi connectivity index (χ2v) is 13.4. The molecule has 130 valence electrons. The fourth-order valence-corrected chi connectivity index (χ4v) is 3.57. The molecule has 0 saturated carbocycles. The van der Waals surface area contributed by atoms with Crippen LogP contribution in [-0.4, -0.2) is 48.2 Å². The number of fused-ring (bicyclic) bond motifs is 1. The standard InChI is InChI=1S/C16H28N2O4Si/c1-16(21-2)7-6-12-13(10-16)18(17-14(12)15(19)20)11-22-8-9-23(3,4)5/h6-11H2,1-5H3,(H,19,20). The molecule has 1 aliphatic rings. The number of carbonyl (C=O) groups is 1. The maximum absolute atomic E-state index is 11.4. The smallest absolute Gasteiger partial charge is 0.356 e. The highest BCUT2D eigenvalue weighted by atomic mass is 28.3. The second kappa shape index (κ2) is 6.74. The highest BCUT2D eigenvalue weighted by Gasteiger charge is 2.35. The second-order valence-electron chi connectivity index (χ2n) is 7.76. The van der Waals surface area contributed by atoms with Crippen LogP contribution in [0, 0.1) is 0 Å². The first-order chi connectivity index (χ1) is 10.7. The summed E-state index contributed by atoms with van der Waals surface area (Å²) >= 11 is 0. The van der Waals surface area contributed by atoms with Crippen molar-refractivity contribution in [3.05, 3.63) is 17.0 Å². The van der Waals surface area contributed by atoms with Crippen LogP contribution in [0.25, 0.3) is 0 Å². The molecule has 1 aromatic rings. The number of hydrogen-bond donors (Lipinski definition) is 1. The SMILES string of the molecule is COC1(C)CCc2c(C(=O)O)nn(COCC[Si](C)(C)C)c2C1. The molecule has 1 aliphatic carbocycles. The Bertz CT molecular complexity index is 579. The van der Waals surface area contributed by atoms with Gasteiger partial charge < -0.3 is 14.6 Å². The Morgan fingerprint density at radius 2 is 2.13 bits per heavy atom. The average Bonchev–Trinajstić information content (AvgIpc) is 2.80. The molecule has 7 heteroatoms. The molecule has 1 atom stereocenters. The van der Waals surface area contributed by atoms with E-state index in [1.165, 1.54) is 0 Å². The van der Waals surface area contributed by atoms with Crippen molar-refractivity contribution < 1.29 is 19.4 Å². The molecule has 1 heterocycles. The maximum atomic E-state index is 11.4. The molecule has 0 spiro atoms. The maximum Gasteiger partial charge on any atom is 0.356 e. The zero-order valence-electron chi connectivity index (χ0n) is 14.8. The molecule has 0 radical (unpaired) electrons. The van der Waals surface area contributed by atoms with E-state index in [4.69, 9.17) is 9.47 Å². The van der Waals surface area contributed by atoms with Gasteiger partial charge in [-0.2, -0.15) is 5.10 Å². The molecule has 0 bridgehead atoms. The van der Waals surface area contributed by atoms with E-state index in [-0.39, 0.29) is 11.3 Å². The van der Waals surface area contributed by atoms with Crippen LogP contribution < -0.4 is 0 Å². The van der Waals surface area contributed by atoms with Crippen LogP contribution in [0.4, 0.5) is 0 Å². The number of nitrogens with zero attached hydrogens (tertiary/aromatic N) is 2. The van der Waals surface area contributed by atoms with Gasteiger partial charge in [-0.15, -0.1) is 0 Å². The van der Waals surface area contributed by atoms with Gasteiger partial charge >= 0.3 is 5.97 Å². The van der Waals surface area contributed by atoms with E-state index in [2.05, 4.69) is 31.7 Å². The Morgan fingerprint density at radius 3 is 2.70 bits per heavy atom. The van der Waals surface area contributed by atoms with E-state index in [1.807, 2.05) is 0 Å². The summed E-state index contributed by atoms with van der Waals surface area (Å²) in [6.45, 7) is 9.96. The molecule has 0 saturated heterocycles. The van der Waals surface area contributed by atoms with E-state index in [1.54, 1.807) is 11.8 Å². The molecule has 2 rings (SSSR count). The highest BCUT2D eigenvalue weighted by Crippen LogP contribution is 2.32. The van der Waals surface area contributed by atoms with Gasteiger partial charge in [0.2, 0.25) is 0 Å². The molecule has 1 unspecified atom stereocenters. The topological polar surface area (TPSA) is 73.6 Å². The zero-order chi connectivity index (χ0) is 17.3. The third kappa shape index (κ3) is 4.42. The van der Waals surface area contributed by atoms with Crippen LogP contribution in [0.3, 0.4) is 0 Å². The number of methoxy groups -OCH3 is 1. The fraction of sp³-hybridized carbons (Fsp3) is 0.750. The van der Waals surface area contributed by atoms with Crippen molar-refractivity contribution >= 4 is 14.0 Å². The molecule has 0 amide bonds. The van der Waals surface area contributed by atoms with Gasteiger partial charge in [0.15, 0.2) is 5.69 Å². The van der Waals surface area contributed by atoms with E-state index < -0.39 is 14.0 Å². The van der Waals surface area contributed by atoms with Gasteiger partial charge in [-0.25, -0.2) is 9.48 Å². The Labute approximate surface area is 138 Å². The van der Waals surface area contributed by atoms with Crippen LogP contribution in [0.15, 0.2) is 0 Å². The van der Waals surface area contributed by atoms with E-state index in [0.29, 0.717) is 26.2 Å². The summed E-state index contributed by atoms with van der Waals surface area (Å²) in [6.07, 6.45) is 2.14. The molecule has 6 nitrogen and oxygen atoms in total. The first-order valence-corrected chi connectivity index (χ1v) is 11.8. The summed E-state index contributed by atoms with van der Waals surface area (Å²) < 4.78 is 13.1. The Kier molecular flexibility index (Phi) is 5.32. The number of aromatic nitrogens is 2. The lowest BCUT2D eigenvalue weighted by Crippen LogP contribution is -2.35. The Balaban J connectivity index is 2.15. The number of carboxylic acids is 1. The van der Waals surface area contributed by atoms with Crippen LogP contribution in [0.2, 0.25) is 25.7 Å². The summed E-state index contributed by atoms with van der Waals surface area (Å²) in [6, 6.07) is 1.08. The van der Waals surface area contributed by atoms with Crippen LogP contribution in [0.5, 0.6) is 0 Å². The molecule has 1 aromatic heterocycles. The Morgan fingerprint density at radius 1 is 1.43 bits per heavy atom. The summed E-state index contributed by atoms with van der Waals surface area (Å²) in [5, 5.41) is 13.7. The van der Waals surface area contributed by atoms with Gasteiger partial charge in [0.25, 0.3) is 0 Å². The quantitative estimate of drug-likeness (QED) is 0.610. The zero-order valence-corrected chi connectivity index (χ0v) is 15.8. The minimum Gasteiger partial charge on any atom is -0.476 e. The van der Waals surface area contributed by atoms with Gasteiger partial charge in [0.05, 0.1) is 5.60 Å². The van der Waals surface area contributed by atoms with E-state index in [0.717, 1.165) is 23.7 Å². The van der Waals surface area contributed by atoms with Crippen molar-refractivity contribution in [2.45, 2.75) is 64.2 Å². The molecule has 23 heavy (non-hydrogen) atoms. The molecule has 0 aliphatic heterocycles. The highest BCUT2D eigenvalue weighted by molar-refractivity contribution is 6.76. The van der Waals surface area contributed by atoms with Gasteiger partial charge in [-0.1, -0.05) is 19.6 Å². The lowest BCUT2D eigenvalue weighted by Gasteiger charge is -2.32. The van der Waals surface area contributed by atoms with E-state index >= 15 is 0 Å². The van der Waals surface area contributed by atoms with Gasteiger partial charge in [0, 0.05) is 39.5 Å². The minimum absolute atomic E-state index is 0.159. The summed E-state index contributed by atoms with van der Waals surface area (Å²) in [4.78, 5) is 11.4. The average molecular weight is 340 g/mol. The predicted molar refractivity (Wildman–Crippen MR) is 90.7 cm³/mol. The third-order valence-electron chi connectivity index (χ3n) is 4.52. The van der Waals surface area contributed by atoms with Crippen LogP contribution >= 0.6 is 0 Å². The molecule has 0 fully saturated rings. The molecular formula is C16H28N2O4Si. The Hall–Kier alpha value is -1.18. The van der Waals surface area contributed by atoms with Crippen LogP contribution in [0.1, 0.15) is 35.1 Å². The first kappa shape index (κ1) is 18.2. The monoisotopic (exact) mass is 340 g/mol. The number of rotatable bonds is 7. The van der Waals surface area contributed by atoms with Crippen molar-refractivity contribution in [3.63, 3.8) is 0 Å². The summed E-state index contributed by atoms with van der Waals surface area (Å²) in [5.74, 6) is -0.969. The van der Waals surface area contributed by atoms with Gasteiger partial charge in [-0.3, -0.25) is 0 Å². The van der Waals surface area contributed by atoms with Crippen LogP contribution in [-0.2, 0) is 29.0 Å². The lowest BCUT2D eigenvalue weighted by atomic mass is 9.84. The summed E-state index contributed by atoms with van der Waals surface area (Å²) in [7, 11) is 0.568. The van der Waals surface area contributed by atoms with Gasteiger partial charge in [-0.05, 0) is 25.8 Å². The van der Waals surface area contributed by atoms with Gasteiger partial charge in [0.1, 0.15) is 6.73 Å². The van der Waals surface area contributed by atoms with E-state index in [9.17, 15) is 9.90 Å². The molecule has 1 N–H and O–H groups in total. The van der Waals surface area contributed by atoms with Crippen molar-refractivity contribution in [3.8, 4) is 0 Å². The number of carboxylic acid groups (broad SMARTS) is 1. The lowest BCUT2D eigenvalue weighted by molar-refractivity contribution is -0.00904. The van der Waals surface area contributed by atoms with Crippen molar-refractivity contribution in [2.75, 3.05) is 13.7 Å². The van der Waals surface area contributed by atoms with Crippen molar-refractivity contribution in [2.24, 2.45) is 0 Å². The number of ether oxygens (including phenoxy) is 2. The number of hydrogen-bond acceptors (Lipinski definition) is 4. The number of aromatic carboxylic acids is 1. The fourth-order valence-electron chi connectivity index (χ4n) is 2.81. The van der Waals surface area contributed by atoms with Crippen molar-refractivity contribution in [1.82, 2.24) is 9.78 Å². The van der Waals surface area contributed by atoms with Crippen molar-refractivity contribution in [1.29, 1.82) is 0 Å². The predicted octanol–water partition coefficient (Wildman–Crippen LogP) is 2.79. The molecule has 0 aromatic carbocycles. The minimum atomic E-state index is -1.13. The summed E-state index contributed by atoms with van der Waals surface area (Å²) in [5.41, 5.74) is 1.66.